The van der Waals surface area contributed by atoms with E-state index in [0.717, 1.165) is 11.3 Å². The van der Waals surface area contributed by atoms with Gasteiger partial charge in [-0.05, 0) is 30.2 Å². The second kappa shape index (κ2) is 6.27. The average molecular weight is 306 g/mol. The molecule has 0 bridgehead atoms. The Hall–Kier alpha value is -3.21. The SMILES string of the molecule is Cc1ccc(C=Nc2cccc(-c3conc3C(=O)O)c2)cc1. The van der Waals surface area contributed by atoms with Gasteiger partial charge in [-0.25, -0.2) is 4.79 Å². The first-order chi connectivity index (χ1) is 11.1. The zero-order chi connectivity index (χ0) is 16.2. The van der Waals surface area contributed by atoms with E-state index in [1.54, 1.807) is 18.3 Å². The van der Waals surface area contributed by atoms with Crippen LogP contribution in [0.5, 0.6) is 0 Å². The third kappa shape index (κ3) is 3.35. The van der Waals surface area contributed by atoms with Crippen LogP contribution in [0, 0.1) is 6.92 Å². The highest BCUT2D eigenvalue weighted by molar-refractivity contribution is 5.93. The monoisotopic (exact) mass is 306 g/mol. The Labute approximate surface area is 132 Å². The Morgan fingerprint density at radius 2 is 2.00 bits per heavy atom. The van der Waals surface area contributed by atoms with Crippen molar-refractivity contribution in [3.8, 4) is 11.1 Å². The van der Waals surface area contributed by atoms with E-state index in [0.29, 0.717) is 11.1 Å². The number of carboxylic acid groups (broad SMARTS) is 1. The third-order valence-electron chi connectivity index (χ3n) is 3.37. The molecule has 3 aromatic rings. The second-order valence-electron chi connectivity index (χ2n) is 5.10. The highest BCUT2D eigenvalue weighted by Crippen LogP contribution is 2.26. The minimum Gasteiger partial charge on any atom is -0.476 e. The molecule has 0 aliphatic rings. The van der Waals surface area contributed by atoms with E-state index in [9.17, 15) is 4.79 Å². The van der Waals surface area contributed by atoms with Gasteiger partial charge in [0, 0.05) is 6.21 Å². The number of aryl methyl sites for hydroxylation is 1. The Morgan fingerprint density at radius 1 is 1.22 bits per heavy atom. The molecule has 114 valence electrons. The molecule has 0 saturated heterocycles. The topological polar surface area (TPSA) is 75.7 Å². The van der Waals surface area contributed by atoms with E-state index < -0.39 is 5.97 Å². The molecule has 0 spiro atoms. The Bertz CT molecular complexity index is 864. The van der Waals surface area contributed by atoms with Crippen molar-refractivity contribution in [3.05, 3.63) is 71.6 Å². The molecule has 1 aromatic heterocycles. The summed E-state index contributed by atoms with van der Waals surface area (Å²) in [6, 6.07) is 15.3. The van der Waals surface area contributed by atoms with Gasteiger partial charge in [-0.1, -0.05) is 47.1 Å². The summed E-state index contributed by atoms with van der Waals surface area (Å²) in [6.07, 6.45) is 3.09. The molecule has 0 aliphatic carbocycles. The van der Waals surface area contributed by atoms with Crippen LogP contribution in [0.4, 0.5) is 5.69 Å². The first-order valence-corrected chi connectivity index (χ1v) is 7.02. The molecular weight excluding hydrogens is 292 g/mol. The number of hydrogen-bond donors (Lipinski definition) is 1. The van der Waals surface area contributed by atoms with Crippen LogP contribution in [0.15, 0.2) is 64.3 Å². The fraction of sp³-hybridized carbons (Fsp3) is 0.0556. The smallest absolute Gasteiger partial charge is 0.358 e. The van der Waals surface area contributed by atoms with Crippen molar-refractivity contribution in [1.82, 2.24) is 5.16 Å². The van der Waals surface area contributed by atoms with Crippen LogP contribution in [0.3, 0.4) is 0 Å². The lowest BCUT2D eigenvalue weighted by Crippen LogP contribution is -1.98. The predicted molar refractivity (Wildman–Crippen MR) is 87.3 cm³/mol. The molecule has 5 nitrogen and oxygen atoms in total. The number of aliphatic imine (C=N–C) groups is 1. The number of carbonyl (C=O) groups is 1. The quantitative estimate of drug-likeness (QED) is 0.736. The lowest BCUT2D eigenvalue weighted by atomic mass is 10.1. The molecule has 3 rings (SSSR count). The van der Waals surface area contributed by atoms with Crippen molar-refractivity contribution in [2.24, 2.45) is 4.99 Å². The van der Waals surface area contributed by atoms with Gasteiger partial charge < -0.3 is 9.63 Å². The molecule has 0 fully saturated rings. The summed E-state index contributed by atoms with van der Waals surface area (Å²) in [5, 5.41) is 12.6. The standard InChI is InChI=1S/C18H14N2O3/c1-12-5-7-13(8-6-12)10-19-15-4-2-3-14(9-15)16-11-23-20-17(16)18(21)22/h2-11H,1H3,(H,21,22). The summed E-state index contributed by atoms with van der Waals surface area (Å²) in [5.74, 6) is -1.12. The van der Waals surface area contributed by atoms with E-state index in [1.807, 2.05) is 43.3 Å². The van der Waals surface area contributed by atoms with Crippen molar-refractivity contribution in [2.45, 2.75) is 6.92 Å². The zero-order valence-electron chi connectivity index (χ0n) is 12.4. The first kappa shape index (κ1) is 14.7. The molecule has 0 amide bonds. The fourth-order valence-corrected chi connectivity index (χ4v) is 2.15. The largest absolute Gasteiger partial charge is 0.476 e. The van der Waals surface area contributed by atoms with E-state index in [4.69, 9.17) is 9.63 Å². The summed E-state index contributed by atoms with van der Waals surface area (Å²) in [7, 11) is 0. The molecule has 23 heavy (non-hydrogen) atoms. The van der Waals surface area contributed by atoms with Crippen LogP contribution in [-0.4, -0.2) is 22.4 Å². The van der Waals surface area contributed by atoms with Crippen LogP contribution in [0.1, 0.15) is 21.6 Å². The number of nitrogens with zero attached hydrogens (tertiary/aromatic N) is 2. The number of rotatable bonds is 4. The van der Waals surface area contributed by atoms with Gasteiger partial charge in [0.2, 0.25) is 0 Å². The number of hydrogen-bond acceptors (Lipinski definition) is 4. The van der Waals surface area contributed by atoms with Crippen LogP contribution in [-0.2, 0) is 0 Å². The lowest BCUT2D eigenvalue weighted by molar-refractivity contribution is 0.0686. The maximum absolute atomic E-state index is 11.1. The van der Waals surface area contributed by atoms with Gasteiger partial charge in [-0.15, -0.1) is 0 Å². The molecule has 1 heterocycles. The van der Waals surface area contributed by atoms with Gasteiger partial charge in [0.25, 0.3) is 0 Å². The zero-order valence-corrected chi connectivity index (χ0v) is 12.4. The molecule has 2 aromatic carbocycles. The lowest BCUT2D eigenvalue weighted by Gasteiger charge is -2.00. The first-order valence-electron chi connectivity index (χ1n) is 7.02. The van der Waals surface area contributed by atoms with E-state index in [2.05, 4.69) is 10.1 Å². The molecule has 0 saturated carbocycles. The molecule has 0 radical (unpaired) electrons. The normalized spacial score (nSPS) is 11.0. The van der Waals surface area contributed by atoms with E-state index in [1.165, 1.54) is 11.8 Å². The molecule has 1 N–H and O–H groups in total. The summed E-state index contributed by atoms with van der Waals surface area (Å²) >= 11 is 0. The predicted octanol–water partition coefficient (Wildman–Crippen LogP) is 4.10. The van der Waals surface area contributed by atoms with Gasteiger partial charge in [-0.3, -0.25) is 4.99 Å². The molecule has 0 aliphatic heterocycles. The van der Waals surface area contributed by atoms with Gasteiger partial charge in [0.1, 0.15) is 6.26 Å². The van der Waals surface area contributed by atoms with Gasteiger partial charge in [0.05, 0.1) is 11.3 Å². The molecular formula is C18H14N2O3. The Kier molecular flexibility index (Phi) is 4.01. The summed E-state index contributed by atoms with van der Waals surface area (Å²) in [5.41, 5.74) is 3.94. The number of aromatic nitrogens is 1. The van der Waals surface area contributed by atoms with Gasteiger partial charge in [0.15, 0.2) is 5.69 Å². The highest BCUT2D eigenvalue weighted by Gasteiger charge is 2.16. The molecule has 0 atom stereocenters. The average Bonchev–Trinajstić information content (AvgIpc) is 3.05. The number of aromatic carboxylic acids is 1. The highest BCUT2D eigenvalue weighted by atomic mass is 16.5. The molecule has 0 unspecified atom stereocenters. The van der Waals surface area contributed by atoms with Crippen molar-refractivity contribution in [3.63, 3.8) is 0 Å². The van der Waals surface area contributed by atoms with Crippen molar-refractivity contribution in [2.75, 3.05) is 0 Å². The summed E-state index contributed by atoms with van der Waals surface area (Å²) in [6.45, 7) is 2.03. The van der Waals surface area contributed by atoms with Crippen LogP contribution >= 0.6 is 0 Å². The Balaban J connectivity index is 1.89. The van der Waals surface area contributed by atoms with Crippen molar-refractivity contribution < 1.29 is 14.4 Å². The maximum atomic E-state index is 11.1. The van der Waals surface area contributed by atoms with Crippen LogP contribution in [0.25, 0.3) is 11.1 Å². The van der Waals surface area contributed by atoms with E-state index in [-0.39, 0.29) is 5.69 Å². The van der Waals surface area contributed by atoms with Crippen molar-refractivity contribution in [1.29, 1.82) is 0 Å². The molecule has 5 heteroatoms. The number of carboxylic acids is 1. The minimum absolute atomic E-state index is 0.107. The van der Waals surface area contributed by atoms with Gasteiger partial charge >= 0.3 is 5.97 Å². The van der Waals surface area contributed by atoms with Crippen molar-refractivity contribution >= 4 is 17.9 Å². The van der Waals surface area contributed by atoms with Crippen LogP contribution < -0.4 is 0 Å². The van der Waals surface area contributed by atoms with Crippen LogP contribution in [0.2, 0.25) is 0 Å². The second-order valence-corrected chi connectivity index (χ2v) is 5.10. The summed E-state index contributed by atoms with van der Waals surface area (Å²) < 4.78 is 4.77. The maximum Gasteiger partial charge on any atom is 0.358 e. The third-order valence-corrected chi connectivity index (χ3v) is 3.37. The van der Waals surface area contributed by atoms with Gasteiger partial charge in [-0.2, -0.15) is 0 Å². The number of benzene rings is 2. The Morgan fingerprint density at radius 3 is 2.74 bits per heavy atom. The van der Waals surface area contributed by atoms with E-state index >= 15 is 0 Å². The fourth-order valence-electron chi connectivity index (χ4n) is 2.15. The summed E-state index contributed by atoms with van der Waals surface area (Å²) in [4.78, 5) is 15.6. The minimum atomic E-state index is -1.12.